The first-order chi connectivity index (χ1) is 11.7. The summed E-state index contributed by atoms with van der Waals surface area (Å²) >= 11 is 1.58. The zero-order valence-electron chi connectivity index (χ0n) is 13.3. The van der Waals surface area contributed by atoms with Crippen LogP contribution in [0.15, 0.2) is 42.6 Å². The standard InChI is InChI=1S/C20H16N2OS/c1-13-22-20-17(23)11-14(12-18(20)24-13)5-2-3-6-15-7-4-8-16-9-10-21-19(15)16/h4,7-12,21,23H,3,6H2,1H3. The molecule has 4 aromatic rings. The minimum absolute atomic E-state index is 0.206. The van der Waals surface area contributed by atoms with Crippen molar-refractivity contribution in [3.05, 3.63) is 58.7 Å². The number of hydrogen-bond donors (Lipinski definition) is 2. The predicted molar refractivity (Wildman–Crippen MR) is 99.5 cm³/mol. The normalized spacial score (nSPS) is 10.9. The van der Waals surface area contributed by atoms with Crippen LogP contribution in [0.2, 0.25) is 0 Å². The minimum atomic E-state index is 0.206. The lowest BCUT2D eigenvalue weighted by molar-refractivity contribution is 0.480. The van der Waals surface area contributed by atoms with Crippen LogP contribution in [-0.4, -0.2) is 15.1 Å². The van der Waals surface area contributed by atoms with Gasteiger partial charge in [0.1, 0.15) is 11.3 Å². The van der Waals surface area contributed by atoms with Gasteiger partial charge in [-0.1, -0.05) is 30.0 Å². The molecule has 0 unspecified atom stereocenters. The number of phenolic OH excluding ortho intramolecular Hbond substituents is 1. The van der Waals surface area contributed by atoms with Crippen LogP contribution in [0.4, 0.5) is 0 Å². The van der Waals surface area contributed by atoms with E-state index in [1.54, 1.807) is 17.4 Å². The van der Waals surface area contributed by atoms with Gasteiger partial charge in [0, 0.05) is 23.7 Å². The van der Waals surface area contributed by atoms with Crippen molar-refractivity contribution < 1.29 is 5.11 Å². The summed E-state index contributed by atoms with van der Waals surface area (Å²) in [5, 5.41) is 12.2. The Morgan fingerprint density at radius 3 is 3.08 bits per heavy atom. The van der Waals surface area contributed by atoms with Crippen molar-refractivity contribution in [2.24, 2.45) is 0 Å². The Labute approximate surface area is 144 Å². The fraction of sp³-hybridized carbons (Fsp3) is 0.150. The van der Waals surface area contributed by atoms with Crippen LogP contribution in [0.25, 0.3) is 21.1 Å². The summed E-state index contributed by atoms with van der Waals surface area (Å²) in [5.41, 5.74) is 3.98. The maximum atomic E-state index is 10.1. The van der Waals surface area contributed by atoms with Crippen molar-refractivity contribution in [3.8, 4) is 17.6 Å². The minimum Gasteiger partial charge on any atom is -0.506 e. The Balaban J connectivity index is 1.53. The number of hydrogen-bond acceptors (Lipinski definition) is 3. The second-order valence-electron chi connectivity index (χ2n) is 5.74. The van der Waals surface area contributed by atoms with Gasteiger partial charge in [-0.25, -0.2) is 4.98 Å². The molecule has 0 amide bonds. The van der Waals surface area contributed by atoms with Crippen molar-refractivity contribution in [3.63, 3.8) is 0 Å². The molecule has 4 heteroatoms. The average molecular weight is 332 g/mol. The second kappa shape index (κ2) is 6.03. The highest BCUT2D eigenvalue weighted by Gasteiger charge is 2.06. The number of fused-ring (bicyclic) bond motifs is 2. The smallest absolute Gasteiger partial charge is 0.143 e. The molecule has 0 spiro atoms. The first kappa shape index (κ1) is 14.8. The first-order valence-corrected chi connectivity index (χ1v) is 8.66. The summed E-state index contributed by atoms with van der Waals surface area (Å²) in [4.78, 5) is 7.62. The molecule has 0 aliphatic heterocycles. The van der Waals surface area contributed by atoms with E-state index in [1.165, 1.54) is 16.5 Å². The fourth-order valence-corrected chi connectivity index (χ4v) is 3.80. The number of nitrogens with zero attached hydrogens (tertiary/aromatic N) is 1. The van der Waals surface area contributed by atoms with Crippen molar-refractivity contribution in [2.45, 2.75) is 19.8 Å². The van der Waals surface area contributed by atoms with Gasteiger partial charge >= 0.3 is 0 Å². The molecule has 0 saturated carbocycles. The Bertz CT molecular complexity index is 1100. The number of aromatic amines is 1. The van der Waals surface area contributed by atoms with E-state index in [2.05, 4.69) is 46.1 Å². The fourth-order valence-electron chi connectivity index (χ4n) is 2.91. The predicted octanol–water partition coefficient (Wildman–Crippen LogP) is 4.78. The molecule has 3 nitrogen and oxygen atoms in total. The van der Waals surface area contributed by atoms with E-state index in [0.29, 0.717) is 5.52 Å². The maximum Gasteiger partial charge on any atom is 0.143 e. The first-order valence-electron chi connectivity index (χ1n) is 7.85. The van der Waals surface area contributed by atoms with E-state index in [4.69, 9.17) is 0 Å². The third kappa shape index (κ3) is 2.75. The van der Waals surface area contributed by atoms with Crippen LogP contribution in [0.5, 0.6) is 5.75 Å². The van der Waals surface area contributed by atoms with Gasteiger partial charge < -0.3 is 10.1 Å². The van der Waals surface area contributed by atoms with Gasteiger partial charge in [-0.3, -0.25) is 0 Å². The molecule has 2 aromatic heterocycles. The molecule has 0 atom stereocenters. The van der Waals surface area contributed by atoms with E-state index in [1.807, 2.05) is 19.2 Å². The number of thiazole rings is 1. The van der Waals surface area contributed by atoms with Gasteiger partial charge in [-0.15, -0.1) is 11.3 Å². The number of benzene rings is 2. The quantitative estimate of drug-likeness (QED) is 0.519. The number of para-hydroxylation sites is 1. The SMILES string of the molecule is Cc1nc2c(O)cc(C#CCCc3cccc4cc[nH]c34)cc2s1. The Hall–Kier alpha value is -2.77. The summed E-state index contributed by atoms with van der Waals surface area (Å²) in [7, 11) is 0. The van der Waals surface area contributed by atoms with Gasteiger partial charge in [0.05, 0.1) is 9.71 Å². The monoisotopic (exact) mass is 332 g/mol. The number of rotatable bonds is 2. The van der Waals surface area contributed by atoms with Crippen molar-refractivity contribution >= 4 is 32.5 Å². The van der Waals surface area contributed by atoms with Gasteiger partial charge in [0.15, 0.2) is 0 Å². The highest BCUT2D eigenvalue weighted by molar-refractivity contribution is 7.18. The van der Waals surface area contributed by atoms with Crippen LogP contribution in [-0.2, 0) is 6.42 Å². The lowest BCUT2D eigenvalue weighted by atomic mass is 10.1. The molecule has 2 N–H and O–H groups in total. The molecule has 2 heterocycles. The molecule has 0 fully saturated rings. The molecule has 2 aromatic carbocycles. The lowest BCUT2D eigenvalue weighted by Crippen LogP contribution is -1.85. The van der Waals surface area contributed by atoms with Gasteiger partial charge in [0.25, 0.3) is 0 Å². The summed E-state index contributed by atoms with van der Waals surface area (Å²) in [6.07, 6.45) is 3.65. The van der Waals surface area contributed by atoms with Crippen LogP contribution in [0.1, 0.15) is 22.6 Å². The van der Waals surface area contributed by atoms with E-state index < -0.39 is 0 Å². The average Bonchev–Trinajstić information content (AvgIpc) is 3.18. The molecular formula is C20H16N2OS. The number of nitrogens with one attached hydrogen (secondary N) is 1. The zero-order chi connectivity index (χ0) is 16.5. The summed E-state index contributed by atoms with van der Waals surface area (Å²) in [5.74, 6) is 6.58. The summed E-state index contributed by atoms with van der Waals surface area (Å²) < 4.78 is 0.980. The van der Waals surface area contributed by atoms with E-state index in [-0.39, 0.29) is 5.75 Å². The van der Waals surface area contributed by atoms with Crippen molar-refractivity contribution in [1.82, 2.24) is 9.97 Å². The molecule has 0 aliphatic carbocycles. The molecule has 4 rings (SSSR count). The highest BCUT2D eigenvalue weighted by atomic mass is 32.1. The second-order valence-corrected chi connectivity index (χ2v) is 6.97. The number of aryl methyl sites for hydroxylation is 2. The number of phenols is 1. The lowest BCUT2D eigenvalue weighted by Gasteiger charge is -2.00. The van der Waals surface area contributed by atoms with Crippen molar-refractivity contribution in [1.29, 1.82) is 0 Å². The maximum absolute atomic E-state index is 10.1. The molecule has 0 saturated heterocycles. The molecule has 0 bridgehead atoms. The number of aromatic hydroxyl groups is 1. The molecule has 0 radical (unpaired) electrons. The third-order valence-corrected chi connectivity index (χ3v) is 4.93. The van der Waals surface area contributed by atoms with Gasteiger partial charge in [0.2, 0.25) is 0 Å². The van der Waals surface area contributed by atoms with E-state index in [9.17, 15) is 5.11 Å². The summed E-state index contributed by atoms with van der Waals surface area (Å²) in [6, 6.07) is 12.1. The van der Waals surface area contributed by atoms with Crippen molar-refractivity contribution in [2.75, 3.05) is 0 Å². The molecule has 24 heavy (non-hydrogen) atoms. The topological polar surface area (TPSA) is 48.9 Å². The van der Waals surface area contributed by atoms with Crippen LogP contribution < -0.4 is 0 Å². The van der Waals surface area contributed by atoms with Crippen LogP contribution in [0, 0.1) is 18.8 Å². The molecule has 118 valence electrons. The number of aromatic nitrogens is 2. The van der Waals surface area contributed by atoms with Crippen LogP contribution in [0.3, 0.4) is 0 Å². The van der Waals surface area contributed by atoms with Gasteiger partial charge in [-0.2, -0.15) is 0 Å². The van der Waals surface area contributed by atoms with Gasteiger partial charge in [-0.05, 0) is 42.5 Å². The largest absolute Gasteiger partial charge is 0.506 e. The summed E-state index contributed by atoms with van der Waals surface area (Å²) in [6.45, 7) is 1.94. The van der Waals surface area contributed by atoms with E-state index in [0.717, 1.165) is 28.1 Å². The van der Waals surface area contributed by atoms with Crippen LogP contribution >= 0.6 is 11.3 Å². The Morgan fingerprint density at radius 1 is 1.25 bits per heavy atom. The Morgan fingerprint density at radius 2 is 2.17 bits per heavy atom. The number of H-pyrrole nitrogens is 1. The highest BCUT2D eigenvalue weighted by Crippen LogP contribution is 2.30. The molecule has 0 aliphatic rings. The molecular weight excluding hydrogens is 316 g/mol. The Kier molecular flexibility index (Phi) is 3.72. The van der Waals surface area contributed by atoms with E-state index >= 15 is 0 Å². The zero-order valence-corrected chi connectivity index (χ0v) is 14.1. The third-order valence-electron chi connectivity index (χ3n) is 4.01.